The molecule has 1 aromatic carbocycles. The van der Waals surface area contributed by atoms with Gasteiger partial charge >= 0.3 is 0 Å². The van der Waals surface area contributed by atoms with Gasteiger partial charge in [0, 0.05) is 17.3 Å². The molecule has 1 aromatic heterocycles. The number of primary amides is 1. The summed E-state index contributed by atoms with van der Waals surface area (Å²) in [6, 6.07) is 7.97. The van der Waals surface area contributed by atoms with Crippen molar-refractivity contribution in [3.05, 3.63) is 59.4 Å². The van der Waals surface area contributed by atoms with E-state index in [2.05, 4.69) is 10.3 Å². The topological polar surface area (TPSA) is 85.1 Å². The number of nitrogens with two attached hydrogens (primary N) is 1. The molecule has 3 N–H and O–H groups in total. The summed E-state index contributed by atoms with van der Waals surface area (Å²) in [6.45, 7) is 1.88. The van der Waals surface area contributed by atoms with Crippen LogP contribution in [0.4, 0.5) is 5.69 Å². The van der Waals surface area contributed by atoms with Crippen molar-refractivity contribution in [1.82, 2.24) is 4.98 Å². The number of carbonyl (C=O) groups excluding carboxylic acids is 2. The molecule has 0 unspecified atom stereocenters. The van der Waals surface area contributed by atoms with Gasteiger partial charge in [0.05, 0.1) is 11.9 Å². The van der Waals surface area contributed by atoms with E-state index >= 15 is 0 Å². The predicted octanol–water partition coefficient (Wildman–Crippen LogP) is 1.74. The molecule has 0 saturated heterocycles. The van der Waals surface area contributed by atoms with Crippen LogP contribution < -0.4 is 11.1 Å². The molecule has 19 heavy (non-hydrogen) atoms. The fraction of sp³-hybridized carbons (Fsp3) is 0.0714. The van der Waals surface area contributed by atoms with Crippen LogP contribution in [-0.4, -0.2) is 16.8 Å². The molecular weight excluding hydrogens is 242 g/mol. The Labute approximate surface area is 110 Å². The molecule has 2 aromatic rings. The van der Waals surface area contributed by atoms with Crippen LogP contribution in [0.1, 0.15) is 26.3 Å². The molecule has 0 bridgehead atoms. The van der Waals surface area contributed by atoms with Crippen molar-refractivity contribution in [3.63, 3.8) is 0 Å². The lowest BCUT2D eigenvalue weighted by molar-refractivity contribution is 0.0995. The summed E-state index contributed by atoms with van der Waals surface area (Å²) in [5.41, 5.74) is 7.54. The van der Waals surface area contributed by atoms with Crippen LogP contribution in [0.25, 0.3) is 0 Å². The van der Waals surface area contributed by atoms with Crippen molar-refractivity contribution in [2.75, 3.05) is 5.32 Å². The van der Waals surface area contributed by atoms with Gasteiger partial charge in [0.2, 0.25) is 5.91 Å². The second kappa shape index (κ2) is 5.30. The van der Waals surface area contributed by atoms with E-state index in [9.17, 15) is 9.59 Å². The lowest BCUT2D eigenvalue weighted by Gasteiger charge is -2.07. The van der Waals surface area contributed by atoms with Gasteiger partial charge in [0.1, 0.15) is 0 Å². The summed E-state index contributed by atoms with van der Waals surface area (Å²) in [7, 11) is 0. The molecule has 1 heterocycles. The number of anilines is 1. The Morgan fingerprint density at radius 1 is 1.11 bits per heavy atom. The molecule has 0 atom stereocenters. The smallest absolute Gasteiger partial charge is 0.255 e. The first-order valence-electron chi connectivity index (χ1n) is 5.70. The maximum Gasteiger partial charge on any atom is 0.255 e. The molecule has 0 aliphatic rings. The maximum absolute atomic E-state index is 12.0. The largest absolute Gasteiger partial charge is 0.366 e. The van der Waals surface area contributed by atoms with Crippen molar-refractivity contribution in [2.24, 2.45) is 5.73 Å². The highest BCUT2D eigenvalue weighted by Gasteiger charge is 2.08. The van der Waals surface area contributed by atoms with Gasteiger partial charge in [-0.05, 0) is 42.8 Å². The quantitative estimate of drug-likeness (QED) is 0.876. The van der Waals surface area contributed by atoms with Gasteiger partial charge < -0.3 is 11.1 Å². The summed E-state index contributed by atoms with van der Waals surface area (Å²) < 4.78 is 0. The van der Waals surface area contributed by atoms with E-state index in [0.29, 0.717) is 16.8 Å². The zero-order valence-corrected chi connectivity index (χ0v) is 10.4. The Balaban J connectivity index is 2.16. The molecule has 0 fully saturated rings. The Kier molecular flexibility index (Phi) is 3.56. The molecule has 0 aliphatic heterocycles. The van der Waals surface area contributed by atoms with Crippen molar-refractivity contribution in [3.8, 4) is 0 Å². The lowest BCUT2D eigenvalue weighted by atomic mass is 10.1. The number of benzene rings is 1. The van der Waals surface area contributed by atoms with E-state index < -0.39 is 5.91 Å². The van der Waals surface area contributed by atoms with Gasteiger partial charge in [-0.3, -0.25) is 14.6 Å². The molecular formula is C14H13N3O2. The van der Waals surface area contributed by atoms with Crippen molar-refractivity contribution in [1.29, 1.82) is 0 Å². The van der Waals surface area contributed by atoms with E-state index in [1.54, 1.807) is 24.5 Å². The van der Waals surface area contributed by atoms with Crippen LogP contribution in [0.5, 0.6) is 0 Å². The van der Waals surface area contributed by atoms with Gasteiger partial charge in [-0.2, -0.15) is 0 Å². The molecule has 5 heteroatoms. The molecule has 0 radical (unpaired) electrons. The van der Waals surface area contributed by atoms with E-state index in [0.717, 1.165) is 5.56 Å². The number of nitrogens with one attached hydrogen (secondary N) is 1. The Morgan fingerprint density at radius 2 is 1.74 bits per heavy atom. The van der Waals surface area contributed by atoms with E-state index in [1.807, 2.05) is 13.0 Å². The number of aromatic nitrogens is 1. The SMILES string of the molecule is Cc1ccncc1NC(=O)c1ccc(C(N)=O)cc1. The third-order valence-electron chi connectivity index (χ3n) is 2.72. The molecule has 0 spiro atoms. The highest BCUT2D eigenvalue weighted by atomic mass is 16.2. The van der Waals surface area contributed by atoms with Gasteiger partial charge in [0.25, 0.3) is 5.91 Å². The number of carbonyl (C=O) groups is 2. The predicted molar refractivity (Wildman–Crippen MR) is 71.9 cm³/mol. The summed E-state index contributed by atoms with van der Waals surface area (Å²) in [6.07, 6.45) is 3.25. The fourth-order valence-electron chi connectivity index (χ4n) is 1.58. The van der Waals surface area contributed by atoms with Crippen LogP contribution in [-0.2, 0) is 0 Å². The van der Waals surface area contributed by atoms with E-state index in [1.165, 1.54) is 12.1 Å². The van der Waals surface area contributed by atoms with Crippen LogP contribution >= 0.6 is 0 Å². The van der Waals surface area contributed by atoms with Crippen LogP contribution in [0.3, 0.4) is 0 Å². The molecule has 5 nitrogen and oxygen atoms in total. The van der Waals surface area contributed by atoms with Gasteiger partial charge in [-0.15, -0.1) is 0 Å². The Bertz CT molecular complexity index is 621. The number of rotatable bonds is 3. The Morgan fingerprint density at radius 3 is 2.32 bits per heavy atom. The first-order valence-corrected chi connectivity index (χ1v) is 5.70. The van der Waals surface area contributed by atoms with Gasteiger partial charge in [0.15, 0.2) is 0 Å². The Hall–Kier alpha value is -2.69. The number of aryl methyl sites for hydroxylation is 1. The number of pyridine rings is 1. The average Bonchev–Trinajstić information content (AvgIpc) is 2.41. The summed E-state index contributed by atoms with van der Waals surface area (Å²) in [5, 5.41) is 2.76. The first-order chi connectivity index (χ1) is 9.08. The van der Waals surface area contributed by atoms with Crippen molar-refractivity contribution >= 4 is 17.5 Å². The molecule has 2 amide bonds. The molecule has 96 valence electrons. The number of amides is 2. The molecule has 0 aliphatic carbocycles. The highest BCUT2D eigenvalue weighted by molar-refractivity contribution is 6.05. The van der Waals surface area contributed by atoms with Crippen molar-refractivity contribution in [2.45, 2.75) is 6.92 Å². The zero-order valence-electron chi connectivity index (χ0n) is 10.4. The summed E-state index contributed by atoms with van der Waals surface area (Å²) >= 11 is 0. The van der Waals surface area contributed by atoms with E-state index in [-0.39, 0.29) is 5.91 Å². The fourth-order valence-corrected chi connectivity index (χ4v) is 1.58. The number of hydrogen-bond donors (Lipinski definition) is 2. The minimum absolute atomic E-state index is 0.257. The first kappa shape index (κ1) is 12.8. The highest BCUT2D eigenvalue weighted by Crippen LogP contribution is 2.13. The number of nitrogens with zero attached hydrogens (tertiary/aromatic N) is 1. The van der Waals surface area contributed by atoms with Gasteiger partial charge in [-0.1, -0.05) is 0 Å². The normalized spacial score (nSPS) is 9.95. The average molecular weight is 255 g/mol. The third-order valence-corrected chi connectivity index (χ3v) is 2.72. The van der Waals surface area contributed by atoms with Crippen LogP contribution in [0.15, 0.2) is 42.7 Å². The third kappa shape index (κ3) is 2.95. The standard InChI is InChI=1S/C14H13N3O2/c1-9-6-7-16-8-12(9)17-14(19)11-4-2-10(3-5-11)13(15)18/h2-8H,1H3,(H2,15,18)(H,17,19). The number of hydrogen-bond acceptors (Lipinski definition) is 3. The lowest BCUT2D eigenvalue weighted by Crippen LogP contribution is -2.14. The summed E-state index contributed by atoms with van der Waals surface area (Å²) in [4.78, 5) is 26.9. The van der Waals surface area contributed by atoms with Crippen LogP contribution in [0, 0.1) is 6.92 Å². The summed E-state index contributed by atoms with van der Waals surface area (Å²) in [5.74, 6) is -0.776. The molecule has 0 saturated carbocycles. The maximum atomic E-state index is 12.0. The minimum Gasteiger partial charge on any atom is -0.366 e. The van der Waals surface area contributed by atoms with Crippen LogP contribution in [0.2, 0.25) is 0 Å². The zero-order chi connectivity index (χ0) is 13.8. The monoisotopic (exact) mass is 255 g/mol. The minimum atomic E-state index is -0.518. The van der Waals surface area contributed by atoms with E-state index in [4.69, 9.17) is 5.73 Å². The van der Waals surface area contributed by atoms with Gasteiger partial charge in [-0.25, -0.2) is 0 Å². The second-order valence-corrected chi connectivity index (χ2v) is 4.09. The second-order valence-electron chi connectivity index (χ2n) is 4.09. The molecule has 2 rings (SSSR count). The van der Waals surface area contributed by atoms with Crippen molar-refractivity contribution < 1.29 is 9.59 Å².